The van der Waals surface area contributed by atoms with Gasteiger partial charge in [0.25, 0.3) is 0 Å². The van der Waals surface area contributed by atoms with Crippen LogP contribution in [0.25, 0.3) is 5.13 Å². The lowest BCUT2D eigenvalue weighted by molar-refractivity contribution is 0.0947. The molecular formula is C21H23N3O2S. The molecule has 1 aliphatic heterocycles. The molecule has 27 heavy (non-hydrogen) atoms. The van der Waals surface area contributed by atoms with Gasteiger partial charge in [-0.2, -0.15) is 0 Å². The number of Topliss-reactive ketones (excluding diaryl/α,β-unsaturated/α-hetero) is 1. The van der Waals surface area contributed by atoms with Crippen molar-refractivity contribution in [2.24, 2.45) is 0 Å². The van der Waals surface area contributed by atoms with Crippen molar-refractivity contribution >= 4 is 17.1 Å². The fourth-order valence-corrected chi connectivity index (χ4v) is 4.24. The summed E-state index contributed by atoms with van der Waals surface area (Å²) in [7, 11) is 0. The van der Waals surface area contributed by atoms with Crippen LogP contribution in [-0.2, 0) is 6.54 Å². The molecule has 1 aliphatic rings. The molecule has 1 aromatic carbocycles. The largest absolute Gasteiger partial charge is 0.486 e. The highest BCUT2D eigenvalue weighted by atomic mass is 32.1. The Hall–Kier alpha value is -2.44. The van der Waals surface area contributed by atoms with E-state index in [4.69, 9.17) is 4.74 Å². The molecule has 0 amide bonds. The molecule has 1 fully saturated rings. The van der Waals surface area contributed by atoms with E-state index in [1.54, 1.807) is 18.3 Å². The molecule has 1 unspecified atom stereocenters. The third-order valence-corrected chi connectivity index (χ3v) is 5.75. The average Bonchev–Trinajstić information content (AvgIpc) is 3.37. The maximum absolute atomic E-state index is 11.4. The number of nitrogens with zero attached hydrogens (tertiary/aromatic N) is 3. The second-order valence-corrected chi connectivity index (χ2v) is 8.15. The highest BCUT2D eigenvalue weighted by Gasteiger charge is 2.36. The van der Waals surface area contributed by atoms with Crippen LogP contribution in [0.2, 0.25) is 0 Å². The summed E-state index contributed by atoms with van der Waals surface area (Å²) in [6, 6.07) is 11.7. The SMILES string of the molecule is CC(=O)c1ccc(OC2(C)CCN(Cc3cccn3-c3nccs3)C2)cc1. The van der Waals surface area contributed by atoms with Crippen LogP contribution in [-0.4, -0.2) is 38.9 Å². The summed E-state index contributed by atoms with van der Waals surface area (Å²) < 4.78 is 8.43. The maximum atomic E-state index is 11.4. The highest BCUT2D eigenvalue weighted by molar-refractivity contribution is 7.12. The Morgan fingerprint density at radius 3 is 2.81 bits per heavy atom. The Morgan fingerprint density at radius 2 is 2.11 bits per heavy atom. The van der Waals surface area contributed by atoms with Gasteiger partial charge in [-0.3, -0.25) is 14.3 Å². The second kappa shape index (κ2) is 7.29. The van der Waals surface area contributed by atoms with Crippen LogP contribution in [0.4, 0.5) is 0 Å². The van der Waals surface area contributed by atoms with E-state index in [1.807, 2.05) is 35.8 Å². The van der Waals surface area contributed by atoms with Crippen LogP contribution in [0.5, 0.6) is 5.75 Å². The first-order chi connectivity index (χ1) is 13.0. The summed E-state index contributed by atoms with van der Waals surface area (Å²) in [5, 5.41) is 3.00. The van der Waals surface area contributed by atoms with Gasteiger partial charge in [0.05, 0.1) is 0 Å². The van der Waals surface area contributed by atoms with Crippen LogP contribution in [0.3, 0.4) is 0 Å². The first-order valence-corrected chi connectivity index (χ1v) is 9.99. The lowest BCUT2D eigenvalue weighted by Gasteiger charge is -2.26. The van der Waals surface area contributed by atoms with Crippen LogP contribution >= 0.6 is 11.3 Å². The molecule has 0 N–H and O–H groups in total. The molecule has 2 aromatic heterocycles. The van der Waals surface area contributed by atoms with Crippen LogP contribution in [0.15, 0.2) is 54.2 Å². The fourth-order valence-electron chi connectivity index (χ4n) is 3.58. The van der Waals surface area contributed by atoms with Crippen molar-refractivity contribution in [3.63, 3.8) is 0 Å². The molecule has 0 bridgehead atoms. The van der Waals surface area contributed by atoms with Gasteiger partial charge in [-0.25, -0.2) is 4.98 Å². The summed E-state index contributed by atoms with van der Waals surface area (Å²) in [6.45, 7) is 6.46. The van der Waals surface area contributed by atoms with Crippen LogP contribution in [0.1, 0.15) is 36.3 Å². The van der Waals surface area contributed by atoms with Gasteiger partial charge >= 0.3 is 0 Å². The lowest BCUT2D eigenvalue weighted by Crippen LogP contribution is -2.36. The highest BCUT2D eigenvalue weighted by Crippen LogP contribution is 2.29. The maximum Gasteiger partial charge on any atom is 0.193 e. The molecule has 3 aromatic rings. The number of aromatic nitrogens is 2. The predicted molar refractivity (Wildman–Crippen MR) is 107 cm³/mol. The van der Waals surface area contributed by atoms with Crippen molar-refractivity contribution in [2.45, 2.75) is 32.4 Å². The molecule has 3 heterocycles. The van der Waals surface area contributed by atoms with Gasteiger partial charge in [-0.05, 0) is 50.2 Å². The molecule has 0 radical (unpaired) electrons. The summed E-state index contributed by atoms with van der Waals surface area (Å²) >= 11 is 1.64. The van der Waals surface area contributed by atoms with Crippen molar-refractivity contribution in [1.82, 2.24) is 14.5 Å². The first kappa shape index (κ1) is 17.9. The smallest absolute Gasteiger partial charge is 0.193 e. The van der Waals surface area contributed by atoms with E-state index in [0.29, 0.717) is 5.56 Å². The molecule has 1 atom stereocenters. The molecule has 0 aliphatic carbocycles. The third-order valence-electron chi connectivity index (χ3n) is 4.98. The Balaban J connectivity index is 1.41. The van der Waals surface area contributed by atoms with Gasteiger partial charge in [-0.1, -0.05) is 0 Å². The number of thiazole rings is 1. The molecule has 6 heteroatoms. The minimum Gasteiger partial charge on any atom is -0.486 e. The number of hydrogen-bond acceptors (Lipinski definition) is 5. The van der Waals surface area contributed by atoms with Gasteiger partial charge in [0.1, 0.15) is 11.4 Å². The summed E-state index contributed by atoms with van der Waals surface area (Å²) in [5.41, 5.74) is 1.72. The monoisotopic (exact) mass is 381 g/mol. The number of rotatable bonds is 6. The van der Waals surface area contributed by atoms with Crippen molar-refractivity contribution in [2.75, 3.05) is 13.1 Å². The Bertz CT molecular complexity index is 917. The number of ketones is 1. The summed E-state index contributed by atoms with van der Waals surface area (Å²) in [4.78, 5) is 18.3. The number of carbonyl (C=O) groups excluding carboxylic acids is 1. The number of hydrogen-bond donors (Lipinski definition) is 0. The van der Waals surface area contributed by atoms with E-state index in [-0.39, 0.29) is 11.4 Å². The summed E-state index contributed by atoms with van der Waals surface area (Å²) in [6.07, 6.45) is 4.87. The van der Waals surface area contributed by atoms with Gasteiger partial charge in [0, 0.05) is 55.1 Å². The number of ether oxygens (including phenoxy) is 1. The average molecular weight is 382 g/mol. The zero-order chi connectivity index (χ0) is 18.9. The molecule has 5 nitrogen and oxygen atoms in total. The van der Waals surface area contributed by atoms with Crippen molar-refractivity contribution < 1.29 is 9.53 Å². The molecule has 140 valence electrons. The van der Waals surface area contributed by atoms with Crippen molar-refractivity contribution in [1.29, 1.82) is 0 Å². The molecule has 0 spiro atoms. The lowest BCUT2D eigenvalue weighted by atomic mass is 10.1. The van der Waals surface area contributed by atoms with E-state index in [2.05, 4.69) is 39.7 Å². The standard InChI is InChI=1S/C21H23N3O2S/c1-16(25)17-5-7-19(8-6-17)26-21(2)9-12-23(15-21)14-18-4-3-11-24(18)20-22-10-13-27-20/h3-8,10-11,13H,9,12,14-15H2,1-2H3. The normalized spacial score (nSPS) is 20.1. The van der Waals surface area contributed by atoms with E-state index < -0.39 is 0 Å². The van der Waals surface area contributed by atoms with Crippen molar-refractivity contribution in [3.05, 3.63) is 65.4 Å². The molecule has 0 saturated carbocycles. The number of benzene rings is 1. The number of carbonyl (C=O) groups is 1. The zero-order valence-corrected chi connectivity index (χ0v) is 16.4. The molecule has 4 rings (SSSR count). The minimum absolute atomic E-state index is 0.0723. The topological polar surface area (TPSA) is 47.4 Å². The van der Waals surface area contributed by atoms with Crippen LogP contribution < -0.4 is 4.74 Å². The van der Waals surface area contributed by atoms with Gasteiger partial charge in [-0.15, -0.1) is 11.3 Å². The molecule has 1 saturated heterocycles. The third kappa shape index (κ3) is 3.96. The quantitative estimate of drug-likeness (QED) is 0.601. The predicted octanol–water partition coefficient (Wildman–Crippen LogP) is 4.18. The number of likely N-dealkylation sites (tertiary alicyclic amines) is 1. The van der Waals surface area contributed by atoms with Crippen LogP contribution in [0, 0.1) is 0 Å². The molecular weight excluding hydrogens is 358 g/mol. The van der Waals surface area contributed by atoms with Gasteiger partial charge in [0.2, 0.25) is 0 Å². The van der Waals surface area contributed by atoms with E-state index in [1.165, 1.54) is 5.69 Å². The van der Waals surface area contributed by atoms with E-state index in [0.717, 1.165) is 36.9 Å². The Morgan fingerprint density at radius 1 is 1.30 bits per heavy atom. The fraction of sp³-hybridized carbons (Fsp3) is 0.333. The summed E-state index contributed by atoms with van der Waals surface area (Å²) in [5.74, 6) is 0.888. The zero-order valence-electron chi connectivity index (χ0n) is 15.6. The van der Waals surface area contributed by atoms with Gasteiger partial charge in [0.15, 0.2) is 10.9 Å². The van der Waals surface area contributed by atoms with E-state index >= 15 is 0 Å². The minimum atomic E-state index is -0.226. The Kier molecular flexibility index (Phi) is 4.85. The van der Waals surface area contributed by atoms with Crippen molar-refractivity contribution in [3.8, 4) is 10.9 Å². The Labute approximate surface area is 163 Å². The van der Waals surface area contributed by atoms with E-state index in [9.17, 15) is 4.79 Å². The first-order valence-electron chi connectivity index (χ1n) is 9.11. The van der Waals surface area contributed by atoms with Gasteiger partial charge < -0.3 is 4.74 Å². The second-order valence-electron chi connectivity index (χ2n) is 7.28.